The van der Waals surface area contributed by atoms with Crippen LogP contribution in [0.15, 0.2) is 42.5 Å². The second-order valence-electron chi connectivity index (χ2n) is 4.52. The highest BCUT2D eigenvalue weighted by Gasteiger charge is 2.37. The molecule has 0 aromatic heterocycles. The Balaban J connectivity index is 2.21. The molecule has 2 aliphatic rings. The molecule has 0 atom stereocenters. The molecule has 1 spiro atoms. The number of amides is 1. The van der Waals surface area contributed by atoms with Crippen LogP contribution in [0, 0.1) is 0 Å². The first-order chi connectivity index (χ1) is 8.59. The lowest BCUT2D eigenvalue weighted by atomic mass is 9.72. The van der Waals surface area contributed by atoms with Gasteiger partial charge in [-0.2, -0.15) is 0 Å². The number of rotatable bonds is 0. The van der Waals surface area contributed by atoms with Gasteiger partial charge in [0.05, 0.1) is 0 Å². The molecule has 0 fully saturated rings. The van der Waals surface area contributed by atoms with Gasteiger partial charge in [0.1, 0.15) is 0 Å². The maximum Gasteiger partial charge on any atom is 0.225 e. The molecule has 1 aromatic carbocycles. The monoisotopic (exact) mass is 259 g/mol. The second-order valence-corrected chi connectivity index (χ2v) is 4.96. The number of hydrogen-bond donors (Lipinski definition) is 1. The number of benzene rings is 1. The van der Waals surface area contributed by atoms with Crippen LogP contribution in [-0.2, 0) is 15.0 Å². The molecule has 0 saturated heterocycles. The van der Waals surface area contributed by atoms with E-state index in [2.05, 4.69) is 5.32 Å². The minimum Gasteiger partial charge on any atom is -0.326 e. The highest BCUT2D eigenvalue weighted by Crippen LogP contribution is 2.42. The number of anilines is 1. The van der Waals surface area contributed by atoms with Crippen molar-refractivity contribution < 1.29 is 9.59 Å². The molecule has 1 N–H and O–H groups in total. The molecule has 4 heteroatoms. The van der Waals surface area contributed by atoms with Crippen LogP contribution < -0.4 is 5.32 Å². The quantitative estimate of drug-likeness (QED) is 0.778. The van der Waals surface area contributed by atoms with Crippen LogP contribution in [0.2, 0.25) is 5.02 Å². The van der Waals surface area contributed by atoms with Gasteiger partial charge in [0.25, 0.3) is 0 Å². The molecule has 3 rings (SSSR count). The summed E-state index contributed by atoms with van der Waals surface area (Å²) in [7, 11) is 0. The zero-order chi connectivity index (χ0) is 12.8. The average Bonchev–Trinajstić information content (AvgIpc) is 2.34. The van der Waals surface area contributed by atoms with Crippen molar-refractivity contribution in [1.29, 1.82) is 0 Å². The zero-order valence-electron chi connectivity index (χ0n) is 9.44. The highest BCUT2D eigenvalue weighted by molar-refractivity contribution is 6.30. The molecular weight excluding hydrogens is 250 g/mol. The molecule has 0 saturated carbocycles. The number of fused-ring (bicyclic) bond motifs is 2. The number of hydrogen-bond acceptors (Lipinski definition) is 2. The predicted molar refractivity (Wildman–Crippen MR) is 69.7 cm³/mol. The molecule has 18 heavy (non-hydrogen) atoms. The Kier molecular flexibility index (Phi) is 2.38. The summed E-state index contributed by atoms with van der Waals surface area (Å²) in [6, 6.07) is 5.36. The van der Waals surface area contributed by atoms with Gasteiger partial charge in [-0.25, -0.2) is 0 Å². The minimum atomic E-state index is -0.545. The van der Waals surface area contributed by atoms with Crippen molar-refractivity contribution in [3.63, 3.8) is 0 Å². The smallest absolute Gasteiger partial charge is 0.225 e. The van der Waals surface area contributed by atoms with Crippen molar-refractivity contribution in [3.8, 4) is 0 Å². The molecular formula is C14H10ClNO2. The van der Waals surface area contributed by atoms with Gasteiger partial charge in [-0.15, -0.1) is 0 Å². The fourth-order valence-corrected chi connectivity index (χ4v) is 2.61. The van der Waals surface area contributed by atoms with E-state index in [9.17, 15) is 9.59 Å². The van der Waals surface area contributed by atoms with Crippen LogP contribution in [0.5, 0.6) is 0 Å². The standard InChI is InChI=1S/C14H10ClNO2/c15-9-1-2-12-11(7-9)14(8-13(18)16-12)5-3-10(17)4-6-14/h1-7H,8H2,(H,16,18). The lowest BCUT2D eigenvalue weighted by Crippen LogP contribution is -2.35. The van der Waals surface area contributed by atoms with Crippen LogP contribution in [0.4, 0.5) is 5.69 Å². The molecule has 1 aromatic rings. The largest absolute Gasteiger partial charge is 0.326 e. The molecule has 1 aliphatic heterocycles. The van der Waals surface area contributed by atoms with Gasteiger partial charge in [0.15, 0.2) is 5.78 Å². The summed E-state index contributed by atoms with van der Waals surface area (Å²) in [6.45, 7) is 0. The van der Waals surface area contributed by atoms with Crippen LogP contribution in [-0.4, -0.2) is 11.7 Å². The number of carbonyl (C=O) groups is 2. The predicted octanol–water partition coefficient (Wildman–Crippen LogP) is 2.62. The molecule has 0 unspecified atom stereocenters. The Hall–Kier alpha value is -1.87. The molecule has 3 nitrogen and oxygen atoms in total. The van der Waals surface area contributed by atoms with Gasteiger partial charge in [0, 0.05) is 22.5 Å². The number of nitrogens with one attached hydrogen (secondary N) is 1. The van der Waals surface area contributed by atoms with Crippen LogP contribution >= 0.6 is 11.6 Å². The second kappa shape index (κ2) is 3.82. The van der Waals surface area contributed by atoms with Gasteiger partial charge in [-0.1, -0.05) is 23.8 Å². The van der Waals surface area contributed by atoms with Crippen LogP contribution in [0.25, 0.3) is 0 Å². The van der Waals surface area contributed by atoms with Crippen molar-refractivity contribution in [2.24, 2.45) is 0 Å². The number of ketones is 1. The lowest BCUT2D eigenvalue weighted by Gasteiger charge is -2.35. The molecule has 0 radical (unpaired) electrons. The zero-order valence-corrected chi connectivity index (χ0v) is 10.2. The van der Waals surface area contributed by atoms with Crippen LogP contribution in [0.1, 0.15) is 12.0 Å². The minimum absolute atomic E-state index is 0.0600. The van der Waals surface area contributed by atoms with E-state index in [1.54, 1.807) is 24.3 Å². The Bertz CT molecular complexity index is 600. The van der Waals surface area contributed by atoms with Crippen molar-refractivity contribution >= 4 is 29.0 Å². The van der Waals surface area contributed by atoms with Gasteiger partial charge in [-0.05, 0) is 35.9 Å². The average molecular weight is 260 g/mol. The van der Waals surface area contributed by atoms with E-state index in [4.69, 9.17) is 11.6 Å². The van der Waals surface area contributed by atoms with E-state index in [-0.39, 0.29) is 11.7 Å². The van der Waals surface area contributed by atoms with E-state index in [0.29, 0.717) is 11.4 Å². The van der Waals surface area contributed by atoms with E-state index >= 15 is 0 Å². The molecule has 90 valence electrons. The Morgan fingerprint density at radius 2 is 1.89 bits per heavy atom. The normalized spacial score (nSPS) is 19.8. The van der Waals surface area contributed by atoms with Crippen molar-refractivity contribution in [2.45, 2.75) is 11.8 Å². The maximum atomic E-state index is 11.8. The van der Waals surface area contributed by atoms with Gasteiger partial charge < -0.3 is 5.32 Å². The summed E-state index contributed by atoms with van der Waals surface area (Å²) in [6.07, 6.45) is 6.86. The summed E-state index contributed by atoms with van der Waals surface area (Å²) in [4.78, 5) is 23.0. The van der Waals surface area contributed by atoms with Gasteiger partial charge >= 0.3 is 0 Å². The SMILES string of the molecule is O=C1C=CC2(C=C1)CC(=O)Nc1ccc(Cl)cc12. The summed E-state index contributed by atoms with van der Waals surface area (Å²) >= 11 is 6.02. The molecule has 1 amide bonds. The number of carbonyl (C=O) groups excluding carboxylic acids is 2. The van der Waals surface area contributed by atoms with Crippen molar-refractivity contribution in [1.82, 2.24) is 0 Å². The summed E-state index contributed by atoms with van der Waals surface area (Å²) in [5.41, 5.74) is 1.13. The fourth-order valence-electron chi connectivity index (χ4n) is 2.44. The first-order valence-electron chi connectivity index (χ1n) is 5.61. The lowest BCUT2D eigenvalue weighted by molar-refractivity contribution is -0.117. The molecule has 1 heterocycles. The molecule has 1 aliphatic carbocycles. The fraction of sp³-hybridized carbons (Fsp3) is 0.143. The Morgan fingerprint density at radius 3 is 2.61 bits per heavy atom. The Morgan fingerprint density at radius 1 is 1.17 bits per heavy atom. The number of allylic oxidation sites excluding steroid dienone is 4. The topological polar surface area (TPSA) is 46.2 Å². The first kappa shape index (κ1) is 11.2. The molecule has 0 bridgehead atoms. The van der Waals surface area contributed by atoms with E-state index in [1.165, 1.54) is 12.2 Å². The third-order valence-electron chi connectivity index (χ3n) is 3.30. The third kappa shape index (κ3) is 1.68. The van der Waals surface area contributed by atoms with Gasteiger partial charge in [-0.3, -0.25) is 9.59 Å². The first-order valence-corrected chi connectivity index (χ1v) is 5.99. The number of halogens is 1. The highest BCUT2D eigenvalue weighted by atomic mass is 35.5. The van der Waals surface area contributed by atoms with E-state index in [1.807, 2.05) is 6.07 Å². The van der Waals surface area contributed by atoms with Gasteiger partial charge in [0.2, 0.25) is 5.91 Å². The Labute approximate surface area is 109 Å². The third-order valence-corrected chi connectivity index (χ3v) is 3.54. The van der Waals surface area contributed by atoms with Crippen LogP contribution in [0.3, 0.4) is 0 Å². The van der Waals surface area contributed by atoms with E-state index in [0.717, 1.165) is 11.3 Å². The van der Waals surface area contributed by atoms with Crippen molar-refractivity contribution in [2.75, 3.05) is 5.32 Å². The van der Waals surface area contributed by atoms with Crippen molar-refractivity contribution in [3.05, 3.63) is 53.1 Å². The summed E-state index contributed by atoms with van der Waals surface area (Å²) in [5, 5.41) is 3.43. The summed E-state index contributed by atoms with van der Waals surface area (Å²) in [5.74, 6) is -0.122. The van der Waals surface area contributed by atoms with E-state index < -0.39 is 5.41 Å². The summed E-state index contributed by atoms with van der Waals surface area (Å²) < 4.78 is 0. The maximum absolute atomic E-state index is 11.8.